The predicted molar refractivity (Wildman–Crippen MR) is 80.6 cm³/mol. The Labute approximate surface area is 129 Å². The van der Waals surface area contributed by atoms with Crippen molar-refractivity contribution < 1.29 is 19.0 Å². The van der Waals surface area contributed by atoms with Crippen molar-refractivity contribution in [2.75, 3.05) is 20.3 Å². The first kappa shape index (κ1) is 16.0. The zero-order valence-electron chi connectivity index (χ0n) is 13.0. The average molecular weight is 304 g/mol. The van der Waals surface area contributed by atoms with Crippen molar-refractivity contribution in [2.24, 2.45) is 0 Å². The average Bonchev–Trinajstić information content (AvgIpc) is 2.47. The number of carbonyl (C=O) groups is 1. The van der Waals surface area contributed by atoms with Crippen LogP contribution in [0.1, 0.15) is 25.3 Å². The molecule has 1 unspecified atom stereocenters. The first-order chi connectivity index (χ1) is 10.6. The van der Waals surface area contributed by atoms with Gasteiger partial charge in [-0.15, -0.1) is 0 Å². The molecular formula is C16H20N2O4. The van der Waals surface area contributed by atoms with E-state index >= 15 is 0 Å². The molecule has 0 spiro atoms. The number of hydrogen-bond acceptors (Lipinski definition) is 5. The van der Waals surface area contributed by atoms with Crippen molar-refractivity contribution in [1.29, 1.82) is 0 Å². The number of dihydropyridines is 1. The third kappa shape index (κ3) is 3.46. The van der Waals surface area contributed by atoms with Gasteiger partial charge in [-0.25, -0.2) is 4.79 Å². The highest BCUT2D eigenvalue weighted by molar-refractivity contribution is 5.92. The Kier molecular flexibility index (Phi) is 5.16. The summed E-state index contributed by atoms with van der Waals surface area (Å²) >= 11 is 0. The largest absolute Gasteiger partial charge is 0.619 e. The number of hydrogen-bond donors (Lipinski definition) is 1. The van der Waals surface area contributed by atoms with Gasteiger partial charge < -0.3 is 20.0 Å². The normalized spacial score (nSPS) is 17.8. The molecule has 1 aliphatic rings. The van der Waals surface area contributed by atoms with Crippen molar-refractivity contribution in [3.63, 3.8) is 0 Å². The van der Waals surface area contributed by atoms with Gasteiger partial charge in [-0.1, -0.05) is 6.08 Å². The number of carbonyl (C=O) groups excluding carboxylic acids is 1. The maximum absolute atomic E-state index is 12.3. The van der Waals surface area contributed by atoms with Crippen LogP contribution in [0.25, 0.3) is 0 Å². The molecule has 22 heavy (non-hydrogen) atoms. The molecule has 0 bridgehead atoms. The third-order valence-electron chi connectivity index (χ3n) is 3.38. The van der Waals surface area contributed by atoms with Crippen LogP contribution < -0.4 is 10.0 Å². The minimum atomic E-state index is -0.383. The molecule has 6 heteroatoms. The van der Waals surface area contributed by atoms with E-state index in [2.05, 4.69) is 5.32 Å². The summed E-state index contributed by atoms with van der Waals surface area (Å²) in [7, 11) is 1.60. The predicted octanol–water partition coefficient (Wildman–Crippen LogP) is 1.37. The van der Waals surface area contributed by atoms with E-state index in [0.717, 1.165) is 16.0 Å². The fourth-order valence-electron chi connectivity index (χ4n) is 2.52. The Bertz CT molecular complexity index is 622. The number of ether oxygens (including phenoxy) is 2. The lowest BCUT2D eigenvalue weighted by molar-refractivity contribution is -0.605. The number of esters is 1. The van der Waals surface area contributed by atoms with Crippen molar-refractivity contribution in [1.82, 2.24) is 5.32 Å². The van der Waals surface area contributed by atoms with Gasteiger partial charge in [0.1, 0.15) is 0 Å². The van der Waals surface area contributed by atoms with Crippen molar-refractivity contribution >= 4 is 5.97 Å². The number of aromatic nitrogens is 1. The molecule has 0 amide bonds. The zero-order valence-corrected chi connectivity index (χ0v) is 13.0. The standard InChI is InChI=1S/C16H20N2O4/c1-4-22-16(19)15-11(2)17-13(10-21-3)8-14(15)12-6-5-7-18(20)9-12/h5-9,14,17H,4,10H2,1-3H3. The second-order valence-corrected chi connectivity index (χ2v) is 4.98. The van der Waals surface area contributed by atoms with Crippen LogP contribution in [0.3, 0.4) is 0 Å². The maximum Gasteiger partial charge on any atom is 0.336 e. The molecule has 1 aromatic heterocycles. The van der Waals surface area contributed by atoms with Crippen LogP contribution in [0.4, 0.5) is 0 Å². The highest BCUT2D eigenvalue weighted by Gasteiger charge is 2.29. The second kappa shape index (κ2) is 7.09. The molecule has 2 rings (SSSR count). The molecule has 1 N–H and O–H groups in total. The summed E-state index contributed by atoms with van der Waals surface area (Å²) in [5.74, 6) is -0.724. The summed E-state index contributed by atoms with van der Waals surface area (Å²) in [6.45, 7) is 4.27. The quantitative estimate of drug-likeness (QED) is 0.505. The van der Waals surface area contributed by atoms with E-state index in [4.69, 9.17) is 9.47 Å². The summed E-state index contributed by atoms with van der Waals surface area (Å²) in [6, 6.07) is 3.48. The van der Waals surface area contributed by atoms with Crippen molar-refractivity contribution in [3.05, 3.63) is 58.3 Å². The Hall–Kier alpha value is -2.34. The molecule has 2 heterocycles. The molecule has 1 atom stereocenters. The van der Waals surface area contributed by atoms with Crippen LogP contribution in [0, 0.1) is 5.21 Å². The van der Waals surface area contributed by atoms with Gasteiger partial charge in [0.2, 0.25) is 0 Å². The van der Waals surface area contributed by atoms with E-state index in [1.807, 2.05) is 19.1 Å². The molecule has 0 aromatic carbocycles. The summed E-state index contributed by atoms with van der Waals surface area (Å²) < 4.78 is 11.0. The zero-order chi connectivity index (χ0) is 16.1. The summed E-state index contributed by atoms with van der Waals surface area (Å²) in [5, 5.41) is 14.7. The van der Waals surface area contributed by atoms with Crippen LogP contribution >= 0.6 is 0 Å². The number of nitrogens with zero attached hydrogens (tertiary/aromatic N) is 1. The Morgan fingerprint density at radius 2 is 2.27 bits per heavy atom. The molecule has 0 fully saturated rings. The Morgan fingerprint density at radius 1 is 1.50 bits per heavy atom. The van der Waals surface area contributed by atoms with Crippen molar-refractivity contribution in [3.8, 4) is 0 Å². The molecule has 1 aliphatic heterocycles. The van der Waals surface area contributed by atoms with Gasteiger partial charge in [0.25, 0.3) is 0 Å². The van der Waals surface area contributed by atoms with Gasteiger partial charge in [-0.05, 0) is 19.9 Å². The molecular weight excluding hydrogens is 284 g/mol. The third-order valence-corrected chi connectivity index (χ3v) is 3.38. The molecule has 0 saturated carbocycles. The Balaban J connectivity index is 2.45. The SMILES string of the molecule is CCOC(=O)C1=C(C)NC(COC)=CC1c1ccc[n+]([O-])c1. The summed E-state index contributed by atoms with van der Waals surface area (Å²) in [5.41, 5.74) is 2.79. The Morgan fingerprint density at radius 3 is 2.91 bits per heavy atom. The molecule has 6 nitrogen and oxygen atoms in total. The van der Waals surface area contributed by atoms with E-state index in [-0.39, 0.29) is 11.9 Å². The van der Waals surface area contributed by atoms with E-state index in [1.165, 1.54) is 12.4 Å². The molecule has 0 aliphatic carbocycles. The van der Waals surface area contributed by atoms with E-state index in [1.54, 1.807) is 20.1 Å². The summed E-state index contributed by atoms with van der Waals surface area (Å²) in [4.78, 5) is 12.3. The van der Waals surface area contributed by atoms with Gasteiger partial charge in [-0.3, -0.25) is 0 Å². The van der Waals surface area contributed by atoms with Crippen LogP contribution in [0.5, 0.6) is 0 Å². The molecule has 0 saturated heterocycles. The van der Waals surface area contributed by atoms with E-state index in [9.17, 15) is 10.0 Å². The number of methoxy groups -OCH3 is 1. The second-order valence-electron chi connectivity index (χ2n) is 4.98. The first-order valence-corrected chi connectivity index (χ1v) is 7.10. The van der Waals surface area contributed by atoms with Gasteiger partial charge in [0, 0.05) is 36.1 Å². The molecule has 118 valence electrons. The van der Waals surface area contributed by atoms with Gasteiger partial charge in [0.05, 0.1) is 18.8 Å². The highest BCUT2D eigenvalue weighted by Crippen LogP contribution is 2.32. The minimum absolute atomic E-state index is 0.299. The lowest BCUT2D eigenvalue weighted by atomic mass is 9.87. The maximum atomic E-state index is 12.3. The van der Waals surface area contributed by atoms with Gasteiger partial charge in [0.15, 0.2) is 12.4 Å². The number of rotatable bonds is 5. The number of pyridine rings is 1. The molecule has 1 aromatic rings. The topological polar surface area (TPSA) is 74.5 Å². The van der Waals surface area contributed by atoms with E-state index < -0.39 is 0 Å². The monoisotopic (exact) mass is 304 g/mol. The minimum Gasteiger partial charge on any atom is -0.619 e. The smallest absolute Gasteiger partial charge is 0.336 e. The number of allylic oxidation sites excluding steroid dienone is 2. The lowest BCUT2D eigenvalue weighted by Crippen LogP contribution is -2.30. The summed E-state index contributed by atoms with van der Waals surface area (Å²) in [6.07, 6.45) is 4.76. The van der Waals surface area contributed by atoms with Crippen LogP contribution in [-0.4, -0.2) is 26.3 Å². The van der Waals surface area contributed by atoms with Crippen LogP contribution in [0.2, 0.25) is 0 Å². The highest BCUT2D eigenvalue weighted by atomic mass is 16.5. The van der Waals surface area contributed by atoms with Gasteiger partial charge >= 0.3 is 5.97 Å². The van der Waals surface area contributed by atoms with E-state index in [0.29, 0.717) is 24.5 Å². The van der Waals surface area contributed by atoms with Crippen LogP contribution in [-0.2, 0) is 14.3 Å². The fraction of sp³-hybridized carbons (Fsp3) is 0.375. The first-order valence-electron chi connectivity index (χ1n) is 7.10. The number of nitrogens with one attached hydrogen (secondary N) is 1. The fourth-order valence-corrected chi connectivity index (χ4v) is 2.52. The van der Waals surface area contributed by atoms with Crippen LogP contribution in [0.15, 0.2) is 47.6 Å². The van der Waals surface area contributed by atoms with Gasteiger partial charge in [-0.2, -0.15) is 4.73 Å². The van der Waals surface area contributed by atoms with Crippen molar-refractivity contribution in [2.45, 2.75) is 19.8 Å². The lowest BCUT2D eigenvalue weighted by Gasteiger charge is -2.26. The molecule has 0 radical (unpaired) electrons.